The fourth-order valence-electron chi connectivity index (χ4n) is 5.10. The Hall–Kier alpha value is -1.33. The maximum atomic E-state index is 5.43. The average Bonchev–Trinajstić information content (AvgIpc) is 2.63. The highest BCUT2D eigenvalue weighted by Crippen LogP contribution is 2.58. The standard InChI is InChI=1S/C24H35NO/c1-6-26-17-19-8-11-20(25-16-19)10-7-18-9-12-21-22(15-18)24(4,5)14-13-23(21,2)3/h8,11,16,18,21-22H,6,9,12-15,17H2,1-5H3. The first-order chi connectivity index (χ1) is 12.3. The van der Waals surface area contributed by atoms with Crippen molar-refractivity contribution in [2.45, 2.75) is 73.3 Å². The van der Waals surface area contributed by atoms with Gasteiger partial charge in [0.25, 0.3) is 0 Å². The maximum Gasteiger partial charge on any atom is 0.113 e. The van der Waals surface area contributed by atoms with Crippen molar-refractivity contribution in [1.29, 1.82) is 0 Å². The first-order valence-corrected chi connectivity index (χ1v) is 10.4. The van der Waals surface area contributed by atoms with E-state index < -0.39 is 0 Å². The smallest absolute Gasteiger partial charge is 0.113 e. The molecule has 1 aromatic heterocycles. The van der Waals surface area contributed by atoms with Crippen LogP contribution >= 0.6 is 0 Å². The molecule has 3 unspecified atom stereocenters. The van der Waals surface area contributed by atoms with Gasteiger partial charge in [-0.3, -0.25) is 0 Å². The van der Waals surface area contributed by atoms with E-state index in [4.69, 9.17) is 4.74 Å². The zero-order chi connectivity index (χ0) is 18.8. The zero-order valence-electron chi connectivity index (χ0n) is 17.3. The summed E-state index contributed by atoms with van der Waals surface area (Å²) in [7, 11) is 0. The minimum absolute atomic E-state index is 0.458. The van der Waals surface area contributed by atoms with E-state index in [1.807, 2.05) is 19.2 Å². The fourth-order valence-corrected chi connectivity index (χ4v) is 5.10. The average molecular weight is 354 g/mol. The number of ether oxygens (including phenoxy) is 1. The first kappa shape index (κ1) is 19.4. The lowest BCUT2D eigenvalue weighted by Crippen LogP contribution is -2.47. The molecule has 2 nitrogen and oxygen atoms in total. The van der Waals surface area contributed by atoms with Crippen LogP contribution in [0.25, 0.3) is 0 Å². The maximum absolute atomic E-state index is 5.43. The highest BCUT2D eigenvalue weighted by atomic mass is 16.5. The van der Waals surface area contributed by atoms with Crippen LogP contribution in [0.4, 0.5) is 0 Å². The largest absolute Gasteiger partial charge is 0.377 e. The molecule has 142 valence electrons. The van der Waals surface area contributed by atoms with Gasteiger partial charge in [-0.2, -0.15) is 0 Å². The lowest BCUT2D eigenvalue weighted by atomic mass is 9.50. The molecule has 0 spiro atoms. The van der Waals surface area contributed by atoms with Gasteiger partial charge in [-0.05, 0) is 79.2 Å². The molecule has 2 aliphatic carbocycles. The van der Waals surface area contributed by atoms with E-state index in [0.29, 0.717) is 23.4 Å². The van der Waals surface area contributed by atoms with Gasteiger partial charge >= 0.3 is 0 Å². The molecule has 26 heavy (non-hydrogen) atoms. The number of fused-ring (bicyclic) bond motifs is 1. The molecule has 2 fully saturated rings. The molecular weight excluding hydrogens is 318 g/mol. The Morgan fingerprint density at radius 3 is 2.46 bits per heavy atom. The van der Waals surface area contributed by atoms with Crippen LogP contribution in [0.15, 0.2) is 18.3 Å². The monoisotopic (exact) mass is 353 g/mol. The van der Waals surface area contributed by atoms with Crippen LogP contribution in [0.5, 0.6) is 0 Å². The van der Waals surface area contributed by atoms with Crippen LogP contribution in [-0.2, 0) is 11.3 Å². The Morgan fingerprint density at radius 2 is 1.81 bits per heavy atom. The van der Waals surface area contributed by atoms with Crippen LogP contribution in [0.3, 0.4) is 0 Å². The Morgan fingerprint density at radius 1 is 1.08 bits per heavy atom. The summed E-state index contributed by atoms with van der Waals surface area (Å²) in [5.74, 6) is 9.08. The van der Waals surface area contributed by atoms with E-state index in [1.165, 1.54) is 32.1 Å². The molecule has 0 saturated heterocycles. The van der Waals surface area contributed by atoms with Crippen molar-refractivity contribution in [1.82, 2.24) is 4.98 Å². The second kappa shape index (κ2) is 7.73. The van der Waals surface area contributed by atoms with Gasteiger partial charge in [0, 0.05) is 18.7 Å². The predicted octanol–water partition coefficient (Wildman–Crippen LogP) is 5.85. The topological polar surface area (TPSA) is 22.1 Å². The second-order valence-electron chi connectivity index (χ2n) is 9.66. The van der Waals surface area contributed by atoms with Gasteiger partial charge in [0.2, 0.25) is 0 Å². The van der Waals surface area contributed by atoms with E-state index in [1.54, 1.807) is 0 Å². The molecule has 0 aromatic carbocycles. The number of pyridine rings is 1. The lowest BCUT2D eigenvalue weighted by Gasteiger charge is -2.55. The highest BCUT2D eigenvalue weighted by molar-refractivity contribution is 5.30. The number of aromatic nitrogens is 1. The molecule has 0 N–H and O–H groups in total. The molecule has 0 amide bonds. The van der Waals surface area contributed by atoms with Crippen molar-refractivity contribution >= 4 is 0 Å². The molecule has 3 atom stereocenters. The van der Waals surface area contributed by atoms with Crippen molar-refractivity contribution in [3.8, 4) is 11.8 Å². The second-order valence-corrected chi connectivity index (χ2v) is 9.66. The summed E-state index contributed by atoms with van der Waals surface area (Å²) < 4.78 is 5.43. The third-order valence-electron chi connectivity index (χ3n) is 6.97. The molecule has 2 heteroatoms. The number of hydrogen-bond donors (Lipinski definition) is 0. The van der Waals surface area contributed by atoms with Gasteiger partial charge < -0.3 is 4.74 Å². The van der Waals surface area contributed by atoms with E-state index in [2.05, 4.69) is 50.6 Å². The summed E-state index contributed by atoms with van der Waals surface area (Å²) in [6.07, 6.45) is 8.46. The van der Waals surface area contributed by atoms with Gasteiger partial charge in [0.15, 0.2) is 0 Å². The van der Waals surface area contributed by atoms with E-state index in [-0.39, 0.29) is 0 Å². The Labute approximate surface area is 160 Å². The van der Waals surface area contributed by atoms with Crippen molar-refractivity contribution in [3.05, 3.63) is 29.6 Å². The van der Waals surface area contributed by atoms with Crippen LogP contribution < -0.4 is 0 Å². The summed E-state index contributed by atoms with van der Waals surface area (Å²) in [5, 5.41) is 0. The number of hydrogen-bond acceptors (Lipinski definition) is 2. The molecule has 0 aliphatic heterocycles. The Bertz CT molecular complexity index is 662. The van der Waals surface area contributed by atoms with Gasteiger partial charge in [-0.25, -0.2) is 4.98 Å². The van der Waals surface area contributed by atoms with Crippen LogP contribution in [0, 0.1) is 40.4 Å². The number of rotatable bonds is 3. The van der Waals surface area contributed by atoms with Crippen LogP contribution in [-0.4, -0.2) is 11.6 Å². The van der Waals surface area contributed by atoms with Gasteiger partial charge in [0.05, 0.1) is 6.61 Å². The first-order valence-electron chi connectivity index (χ1n) is 10.4. The molecule has 3 rings (SSSR count). The van der Waals surface area contributed by atoms with Gasteiger partial charge in [0.1, 0.15) is 5.69 Å². The van der Waals surface area contributed by atoms with E-state index >= 15 is 0 Å². The molecule has 1 aromatic rings. The van der Waals surface area contributed by atoms with Crippen molar-refractivity contribution < 1.29 is 4.74 Å². The molecule has 0 bridgehead atoms. The fraction of sp³-hybridized carbons (Fsp3) is 0.708. The minimum Gasteiger partial charge on any atom is -0.377 e. The van der Waals surface area contributed by atoms with Gasteiger partial charge in [-0.15, -0.1) is 0 Å². The predicted molar refractivity (Wildman–Crippen MR) is 108 cm³/mol. The third-order valence-corrected chi connectivity index (χ3v) is 6.97. The summed E-state index contributed by atoms with van der Waals surface area (Å²) in [6, 6.07) is 4.11. The molecule has 0 radical (unpaired) electrons. The van der Waals surface area contributed by atoms with E-state index in [9.17, 15) is 0 Å². The van der Waals surface area contributed by atoms with Crippen molar-refractivity contribution in [2.24, 2.45) is 28.6 Å². The van der Waals surface area contributed by atoms with Crippen LogP contribution in [0.1, 0.15) is 78.0 Å². The highest BCUT2D eigenvalue weighted by Gasteiger charge is 2.49. The lowest BCUT2D eigenvalue weighted by molar-refractivity contribution is -0.0523. The summed E-state index contributed by atoms with van der Waals surface area (Å²) in [5.41, 5.74) is 2.95. The van der Waals surface area contributed by atoms with Crippen molar-refractivity contribution in [2.75, 3.05) is 6.61 Å². The normalized spacial score (nSPS) is 29.3. The third kappa shape index (κ3) is 4.32. The van der Waals surface area contributed by atoms with Crippen molar-refractivity contribution in [3.63, 3.8) is 0 Å². The minimum atomic E-state index is 0.458. The molecule has 2 saturated carbocycles. The van der Waals surface area contributed by atoms with E-state index in [0.717, 1.165) is 29.7 Å². The summed E-state index contributed by atoms with van der Waals surface area (Å²) >= 11 is 0. The summed E-state index contributed by atoms with van der Waals surface area (Å²) in [6.45, 7) is 13.3. The number of nitrogens with zero attached hydrogens (tertiary/aromatic N) is 1. The molecule has 2 aliphatic rings. The Balaban J connectivity index is 1.66. The Kier molecular flexibility index (Phi) is 5.78. The zero-order valence-corrected chi connectivity index (χ0v) is 17.3. The molecule has 1 heterocycles. The quantitative estimate of drug-likeness (QED) is 0.636. The molecular formula is C24H35NO. The van der Waals surface area contributed by atoms with Gasteiger partial charge in [-0.1, -0.05) is 39.7 Å². The summed E-state index contributed by atoms with van der Waals surface area (Å²) in [4.78, 5) is 4.50. The van der Waals surface area contributed by atoms with Crippen LogP contribution in [0.2, 0.25) is 0 Å². The SMILES string of the molecule is CCOCc1ccc(C#CC2CCC3C(C2)C(C)(C)CCC3(C)C)nc1.